The summed E-state index contributed by atoms with van der Waals surface area (Å²) in [6, 6.07) is 11.6. The third-order valence-electron chi connectivity index (χ3n) is 5.96. The third-order valence-corrected chi connectivity index (χ3v) is 7.09. The smallest absolute Gasteiger partial charge is 0.410 e. The van der Waals surface area contributed by atoms with Gasteiger partial charge in [0, 0.05) is 49.7 Å². The fourth-order valence-electron chi connectivity index (χ4n) is 4.16. The zero-order chi connectivity index (χ0) is 24.2. The van der Waals surface area contributed by atoms with Crippen molar-refractivity contribution in [3.8, 4) is 11.3 Å². The van der Waals surface area contributed by atoms with Crippen molar-refractivity contribution in [1.82, 2.24) is 14.8 Å². The number of rotatable bonds is 7. The van der Waals surface area contributed by atoms with Crippen LogP contribution in [0.5, 0.6) is 0 Å². The molecular formula is C25H35N3O4S. The van der Waals surface area contributed by atoms with Crippen LogP contribution in [0.2, 0.25) is 0 Å². The Bertz CT molecular complexity index is 1030. The predicted molar refractivity (Wildman–Crippen MR) is 130 cm³/mol. The van der Waals surface area contributed by atoms with E-state index in [2.05, 4.69) is 29.8 Å². The summed E-state index contributed by atoms with van der Waals surface area (Å²) < 4.78 is 28.7. The summed E-state index contributed by atoms with van der Waals surface area (Å²) in [4.78, 5) is 21.4. The molecule has 0 bridgehead atoms. The second kappa shape index (κ2) is 10.7. The van der Waals surface area contributed by atoms with Crippen LogP contribution in [0.4, 0.5) is 4.79 Å². The van der Waals surface area contributed by atoms with E-state index >= 15 is 0 Å². The lowest BCUT2D eigenvalue weighted by molar-refractivity contribution is 0.0464. The first-order valence-electron chi connectivity index (χ1n) is 11.5. The molecule has 0 radical (unpaired) electrons. The Labute approximate surface area is 197 Å². The van der Waals surface area contributed by atoms with Crippen LogP contribution >= 0.6 is 0 Å². The molecule has 3 rings (SSSR count). The maximum absolute atomic E-state index is 12.2. The minimum Gasteiger partial charge on any atom is -0.447 e. The number of likely N-dealkylation sites (tertiary alicyclic amines) is 1. The van der Waals surface area contributed by atoms with E-state index < -0.39 is 9.84 Å². The minimum atomic E-state index is -3.21. The monoisotopic (exact) mass is 473 g/mol. The number of hydrogen-bond acceptors (Lipinski definition) is 6. The zero-order valence-corrected chi connectivity index (χ0v) is 21.0. The molecule has 7 nitrogen and oxygen atoms in total. The van der Waals surface area contributed by atoms with Crippen molar-refractivity contribution in [1.29, 1.82) is 0 Å². The number of piperidine rings is 1. The molecule has 1 aromatic carbocycles. The maximum atomic E-state index is 12.2. The van der Waals surface area contributed by atoms with Crippen LogP contribution in [0.1, 0.15) is 46.1 Å². The minimum absolute atomic E-state index is 0.101. The molecule has 33 heavy (non-hydrogen) atoms. The highest BCUT2D eigenvalue weighted by Crippen LogP contribution is 2.24. The van der Waals surface area contributed by atoms with E-state index in [0.29, 0.717) is 30.1 Å². The number of sulfone groups is 1. The van der Waals surface area contributed by atoms with E-state index in [9.17, 15) is 13.2 Å². The molecule has 0 spiro atoms. The second-order valence-electron chi connectivity index (χ2n) is 9.27. The predicted octanol–water partition coefficient (Wildman–Crippen LogP) is 4.37. The van der Waals surface area contributed by atoms with Gasteiger partial charge in [0.05, 0.1) is 16.7 Å². The van der Waals surface area contributed by atoms with Crippen LogP contribution in [-0.2, 0) is 21.1 Å². The number of ether oxygens (including phenoxy) is 1. The Morgan fingerprint density at radius 1 is 1.09 bits per heavy atom. The van der Waals surface area contributed by atoms with Gasteiger partial charge in [-0.15, -0.1) is 0 Å². The number of amides is 1. The zero-order valence-electron chi connectivity index (χ0n) is 20.2. The summed E-state index contributed by atoms with van der Waals surface area (Å²) in [5, 5.41) is 0. The van der Waals surface area contributed by atoms with E-state index in [1.54, 1.807) is 29.2 Å². The lowest BCUT2D eigenvalue weighted by Crippen LogP contribution is -2.49. The molecule has 1 aliphatic heterocycles. The third kappa shape index (κ3) is 6.77. The molecule has 1 fully saturated rings. The Morgan fingerprint density at radius 2 is 1.73 bits per heavy atom. The van der Waals surface area contributed by atoms with Crippen molar-refractivity contribution in [2.24, 2.45) is 0 Å². The number of carbonyl (C=O) groups excluding carboxylic acids is 1. The number of aromatic nitrogens is 1. The van der Waals surface area contributed by atoms with E-state index in [0.717, 1.165) is 36.2 Å². The van der Waals surface area contributed by atoms with E-state index in [1.807, 2.05) is 26.1 Å². The van der Waals surface area contributed by atoms with Gasteiger partial charge >= 0.3 is 6.09 Å². The van der Waals surface area contributed by atoms with Crippen molar-refractivity contribution in [3.63, 3.8) is 0 Å². The summed E-state index contributed by atoms with van der Waals surface area (Å²) in [5.41, 5.74) is 2.82. The van der Waals surface area contributed by atoms with Gasteiger partial charge in [0.1, 0.15) is 0 Å². The summed E-state index contributed by atoms with van der Waals surface area (Å²) in [7, 11) is -3.21. The average molecular weight is 474 g/mol. The molecular weight excluding hydrogens is 438 g/mol. The fraction of sp³-hybridized carbons (Fsp3) is 0.520. The van der Waals surface area contributed by atoms with Gasteiger partial charge in [0.25, 0.3) is 0 Å². The van der Waals surface area contributed by atoms with Crippen LogP contribution in [-0.4, -0.2) is 66.8 Å². The second-order valence-corrected chi connectivity index (χ2v) is 11.3. The van der Waals surface area contributed by atoms with E-state index in [-0.39, 0.29) is 12.2 Å². The summed E-state index contributed by atoms with van der Waals surface area (Å²) in [6.07, 6.45) is 4.62. The van der Waals surface area contributed by atoms with Crippen molar-refractivity contribution in [2.75, 3.05) is 19.3 Å². The van der Waals surface area contributed by atoms with Crippen LogP contribution in [0.15, 0.2) is 47.5 Å². The van der Waals surface area contributed by atoms with Crippen molar-refractivity contribution < 1.29 is 17.9 Å². The standard InChI is InChI=1S/C25H35N3O4S/c1-18(2)28(22-12-14-27(15-13-22)25(29)32-19(3)4)17-20-6-11-24(26-16-20)21-7-9-23(10-8-21)33(5,30)31/h6-11,16,18-19,22H,12-15,17H2,1-5H3. The molecule has 1 saturated heterocycles. The van der Waals surface area contributed by atoms with E-state index in [4.69, 9.17) is 4.74 Å². The molecule has 0 N–H and O–H groups in total. The SMILES string of the molecule is CC(C)OC(=O)N1CCC(N(Cc2ccc(-c3ccc(S(C)(=O)=O)cc3)nc2)C(C)C)CC1. The molecule has 2 heterocycles. The average Bonchev–Trinajstić information content (AvgIpc) is 2.77. The Hall–Kier alpha value is -2.45. The molecule has 2 aromatic rings. The van der Waals surface area contributed by atoms with Crippen molar-refractivity contribution in [2.45, 2.75) is 70.2 Å². The van der Waals surface area contributed by atoms with Crippen LogP contribution < -0.4 is 0 Å². The topological polar surface area (TPSA) is 79.8 Å². The molecule has 0 atom stereocenters. The first kappa shape index (κ1) is 25.2. The highest BCUT2D eigenvalue weighted by Gasteiger charge is 2.29. The molecule has 1 aromatic heterocycles. The number of carbonyl (C=O) groups is 1. The van der Waals surface area contributed by atoms with Gasteiger partial charge in [-0.2, -0.15) is 0 Å². The van der Waals surface area contributed by atoms with Crippen molar-refractivity contribution >= 4 is 15.9 Å². The van der Waals surface area contributed by atoms with Gasteiger partial charge in [-0.3, -0.25) is 9.88 Å². The molecule has 0 unspecified atom stereocenters. The molecule has 180 valence electrons. The van der Waals surface area contributed by atoms with Gasteiger partial charge in [0.2, 0.25) is 0 Å². The maximum Gasteiger partial charge on any atom is 0.410 e. The van der Waals surface area contributed by atoms with Crippen molar-refractivity contribution in [3.05, 3.63) is 48.2 Å². The van der Waals surface area contributed by atoms with Crippen LogP contribution in [0.3, 0.4) is 0 Å². The number of benzene rings is 1. The van der Waals surface area contributed by atoms with Gasteiger partial charge < -0.3 is 9.64 Å². The van der Waals surface area contributed by atoms with Gasteiger partial charge in [-0.25, -0.2) is 13.2 Å². The molecule has 0 saturated carbocycles. The first-order chi connectivity index (χ1) is 15.5. The van der Waals surface area contributed by atoms with E-state index in [1.165, 1.54) is 6.26 Å². The largest absolute Gasteiger partial charge is 0.447 e. The highest BCUT2D eigenvalue weighted by molar-refractivity contribution is 7.90. The summed E-state index contributed by atoms with van der Waals surface area (Å²) in [6.45, 7) is 10.3. The summed E-state index contributed by atoms with van der Waals surface area (Å²) in [5.74, 6) is 0. The number of hydrogen-bond donors (Lipinski definition) is 0. The summed E-state index contributed by atoms with van der Waals surface area (Å²) >= 11 is 0. The highest BCUT2D eigenvalue weighted by atomic mass is 32.2. The molecule has 1 aliphatic rings. The first-order valence-corrected chi connectivity index (χ1v) is 13.4. The van der Waals surface area contributed by atoms with Gasteiger partial charge in [-0.05, 0) is 64.3 Å². The van der Waals surface area contributed by atoms with Crippen LogP contribution in [0.25, 0.3) is 11.3 Å². The Balaban J connectivity index is 1.63. The van der Waals surface area contributed by atoms with Gasteiger partial charge in [-0.1, -0.05) is 18.2 Å². The Morgan fingerprint density at radius 3 is 2.21 bits per heavy atom. The lowest BCUT2D eigenvalue weighted by atomic mass is 10.0. The Kier molecular flexibility index (Phi) is 8.13. The molecule has 1 amide bonds. The number of pyridine rings is 1. The number of nitrogens with zero attached hydrogens (tertiary/aromatic N) is 3. The molecule has 0 aliphatic carbocycles. The molecule has 8 heteroatoms. The van der Waals surface area contributed by atoms with Crippen LogP contribution in [0, 0.1) is 0 Å². The lowest BCUT2D eigenvalue weighted by Gasteiger charge is -2.40. The van der Waals surface area contributed by atoms with Gasteiger partial charge in [0.15, 0.2) is 9.84 Å². The normalized spacial score (nSPS) is 15.5. The quantitative estimate of drug-likeness (QED) is 0.594. The fourth-order valence-corrected chi connectivity index (χ4v) is 4.79.